The van der Waals surface area contributed by atoms with Crippen LogP contribution in [0, 0.1) is 11.2 Å². The third kappa shape index (κ3) is 5.09. The van der Waals surface area contributed by atoms with Crippen LogP contribution >= 0.6 is 0 Å². The largest absolute Gasteiger partial charge is 0.456 e. The van der Waals surface area contributed by atoms with Crippen LogP contribution in [0.4, 0.5) is 4.39 Å². The maximum atomic E-state index is 13.2. The van der Waals surface area contributed by atoms with Crippen molar-refractivity contribution < 1.29 is 18.7 Å². The molecule has 1 atom stereocenters. The molecule has 0 aliphatic carbocycles. The third-order valence-electron chi connectivity index (χ3n) is 3.86. The second-order valence-corrected chi connectivity index (χ2v) is 7.45. The fraction of sp³-hybridized carbons (Fsp3) is 0.400. The maximum Gasteiger partial charge on any atom is 0.352 e. The number of benzene rings is 1. The summed E-state index contributed by atoms with van der Waals surface area (Å²) in [4.78, 5) is 28.6. The van der Waals surface area contributed by atoms with E-state index >= 15 is 0 Å². The Bertz CT molecular complexity index is 864. The van der Waals surface area contributed by atoms with Crippen molar-refractivity contribution in [3.63, 3.8) is 0 Å². The van der Waals surface area contributed by atoms with Gasteiger partial charge >= 0.3 is 5.97 Å². The number of rotatable bonds is 6. The van der Waals surface area contributed by atoms with Gasteiger partial charge in [-0.25, -0.2) is 14.2 Å². The molecule has 0 spiro atoms. The van der Waals surface area contributed by atoms with Gasteiger partial charge in [0.25, 0.3) is 0 Å². The molecule has 0 saturated carbocycles. The summed E-state index contributed by atoms with van der Waals surface area (Å²) >= 11 is 0. The first-order chi connectivity index (χ1) is 12.5. The lowest BCUT2D eigenvalue weighted by Crippen LogP contribution is -2.29. The van der Waals surface area contributed by atoms with E-state index in [1.165, 1.54) is 25.4 Å². The van der Waals surface area contributed by atoms with Crippen LogP contribution in [-0.2, 0) is 9.53 Å². The molecule has 2 aromatic rings. The Labute approximate surface area is 157 Å². The highest BCUT2D eigenvalue weighted by molar-refractivity contribution is 6.35. The summed E-state index contributed by atoms with van der Waals surface area (Å²) in [5, 5.41) is 7.99. The van der Waals surface area contributed by atoms with Crippen LogP contribution in [0.5, 0.6) is 0 Å². The fourth-order valence-electron chi connectivity index (χ4n) is 2.68. The highest BCUT2D eigenvalue weighted by atomic mass is 19.1. The van der Waals surface area contributed by atoms with Crippen LogP contribution in [0.15, 0.2) is 30.6 Å². The first-order valence-electron chi connectivity index (χ1n) is 8.64. The van der Waals surface area contributed by atoms with E-state index < -0.39 is 11.6 Å². The minimum Gasteiger partial charge on any atom is -0.456 e. The van der Waals surface area contributed by atoms with Crippen LogP contribution in [0.2, 0.25) is 0 Å². The Balaban J connectivity index is 2.27. The SMILES string of the molecule is CC(=O)c1c(-c2ccc(F)cc2)ncn1C(C)CC(=N)C(=O)OC(C)(C)C. The molecule has 7 heteroatoms. The van der Waals surface area contributed by atoms with E-state index in [4.69, 9.17) is 10.1 Å². The van der Waals surface area contributed by atoms with Crippen molar-refractivity contribution >= 4 is 17.5 Å². The summed E-state index contributed by atoms with van der Waals surface area (Å²) in [7, 11) is 0. The standard InChI is InChI=1S/C20H24FN3O3/c1-12(10-16(22)19(26)27-20(3,4)5)24-11-23-17(18(24)13(2)25)14-6-8-15(21)9-7-14/h6-9,11-12,22H,10H2,1-5H3. The summed E-state index contributed by atoms with van der Waals surface area (Å²) in [5.41, 5.74) is 0.560. The number of nitrogens with zero attached hydrogens (tertiary/aromatic N) is 2. The van der Waals surface area contributed by atoms with Crippen molar-refractivity contribution in [3.8, 4) is 11.3 Å². The Kier molecular flexibility index (Phi) is 5.93. The zero-order valence-electron chi connectivity index (χ0n) is 16.2. The van der Waals surface area contributed by atoms with Crippen molar-refractivity contribution in [1.29, 1.82) is 5.41 Å². The minimum atomic E-state index is -0.683. The number of carbonyl (C=O) groups is 2. The van der Waals surface area contributed by atoms with Crippen molar-refractivity contribution in [2.24, 2.45) is 0 Å². The van der Waals surface area contributed by atoms with Gasteiger partial charge in [-0.2, -0.15) is 0 Å². The Hall–Kier alpha value is -2.83. The molecule has 27 heavy (non-hydrogen) atoms. The molecule has 0 radical (unpaired) electrons. The molecule has 144 valence electrons. The summed E-state index contributed by atoms with van der Waals surface area (Å²) in [5.74, 6) is -1.26. The lowest BCUT2D eigenvalue weighted by atomic mass is 10.1. The van der Waals surface area contributed by atoms with Crippen LogP contribution in [0.3, 0.4) is 0 Å². The van der Waals surface area contributed by atoms with Gasteiger partial charge in [0.15, 0.2) is 5.78 Å². The number of imidazole rings is 1. The predicted octanol–water partition coefficient (Wildman–Crippen LogP) is 4.20. The number of carbonyl (C=O) groups excluding carboxylic acids is 2. The van der Waals surface area contributed by atoms with E-state index in [9.17, 15) is 14.0 Å². The van der Waals surface area contributed by atoms with Crippen molar-refractivity contribution in [2.45, 2.75) is 52.7 Å². The number of halogens is 1. The summed E-state index contributed by atoms with van der Waals surface area (Å²) in [6.45, 7) is 8.43. The molecule has 0 aliphatic rings. The number of hydrogen-bond donors (Lipinski definition) is 1. The number of ketones is 1. The van der Waals surface area contributed by atoms with Gasteiger partial charge in [0.05, 0.1) is 12.0 Å². The molecule has 0 saturated heterocycles. The van der Waals surface area contributed by atoms with Crippen LogP contribution in [0.1, 0.15) is 57.6 Å². The molecule has 6 nitrogen and oxygen atoms in total. The van der Waals surface area contributed by atoms with Gasteiger partial charge in [-0.05, 0) is 52.0 Å². The van der Waals surface area contributed by atoms with E-state index in [1.54, 1.807) is 44.4 Å². The number of aromatic nitrogens is 2. The van der Waals surface area contributed by atoms with E-state index in [0.717, 1.165) is 0 Å². The number of hydrogen-bond acceptors (Lipinski definition) is 5. The molecule has 0 amide bonds. The zero-order valence-corrected chi connectivity index (χ0v) is 16.2. The highest BCUT2D eigenvalue weighted by Gasteiger charge is 2.25. The van der Waals surface area contributed by atoms with E-state index in [2.05, 4.69) is 4.98 Å². The van der Waals surface area contributed by atoms with Crippen LogP contribution < -0.4 is 0 Å². The number of esters is 1. The first-order valence-corrected chi connectivity index (χ1v) is 8.64. The van der Waals surface area contributed by atoms with Gasteiger partial charge in [0.1, 0.15) is 22.8 Å². The Morgan fingerprint density at radius 2 is 1.85 bits per heavy atom. The Morgan fingerprint density at radius 3 is 2.37 bits per heavy atom. The number of ether oxygens (including phenoxy) is 1. The Morgan fingerprint density at radius 1 is 1.26 bits per heavy atom. The average molecular weight is 373 g/mol. The molecule has 1 unspecified atom stereocenters. The van der Waals surface area contributed by atoms with Gasteiger partial charge in [0.2, 0.25) is 0 Å². The molecular weight excluding hydrogens is 349 g/mol. The predicted molar refractivity (Wildman–Crippen MR) is 101 cm³/mol. The van der Waals surface area contributed by atoms with Gasteiger partial charge in [-0.3, -0.25) is 10.2 Å². The van der Waals surface area contributed by atoms with Gasteiger partial charge in [-0.1, -0.05) is 0 Å². The quantitative estimate of drug-likeness (QED) is 0.467. The maximum absolute atomic E-state index is 13.2. The van der Waals surface area contributed by atoms with Crippen molar-refractivity contribution in [2.75, 3.05) is 0 Å². The minimum absolute atomic E-state index is 0.0917. The average Bonchev–Trinajstić information content (AvgIpc) is 2.99. The van der Waals surface area contributed by atoms with E-state index in [1.807, 2.05) is 0 Å². The van der Waals surface area contributed by atoms with Crippen LogP contribution in [0.25, 0.3) is 11.3 Å². The molecule has 0 aliphatic heterocycles. The van der Waals surface area contributed by atoms with E-state index in [0.29, 0.717) is 17.0 Å². The molecule has 0 bridgehead atoms. The number of nitrogens with one attached hydrogen (secondary N) is 1. The normalized spacial score (nSPS) is 12.5. The van der Waals surface area contributed by atoms with E-state index in [-0.39, 0.29) is 29.8 Å². The first kappa shape index (κ1) is 20.5. The summed E-state index contributed by atoms with van der Waals surface area (Å²) < 4.78 is 20.0. The van der Waals surface area contributed by atoms with Crippen molar-refractivity contribution in [3.05, 3.63) is 42.1 Å². The molecule has 1 aromatic carbocycles. The summed E-state index contributed by atoms with van der Waals surface area (Å²) in [6.07, 6.45) is 1.59. The summed E-state index contributed by atoms with van der Waals surface area (Å²) in [6, 6.07) is 5.37. The molecule has 1 heterocycles. The fourth-order valence-corrected chi connectivity index (χ4v) is 2.68. The second kappa shape index (κ2) is 7.82. The van der Waals surface area contributed by atoms with Crippen LogP contribution in [-0.4, -0.2) is 32.6 Å². The smallest absolute Gasteiger partial charge is 0.352 e. The van der Waals surface area contributed by atoms with Gasteiger partial charge in [-0.15, -0.1) is 0 Å². The third-order valence-corrected chi connectivity index (χ3v) is 3.86. The van der Waals surface area contributed by atoms with Gasteiger partial charge in [0, 0.05) is 24.9 Å². The molecule has 1 aromatic heterocycles. The monoisotopic (exact) mass is 373 g/mol. The molecule has 0 fully saturated rings. The number of Topliss-reactive ketones (excluding diaryl/α,β-unsaturated/α-hetero) is 1. The topological polar surface area (TPSA) is 85.0 Å². The van der Waals surface area contributed by atoms with Crippen molar-refractivity contribution in [1.82, 2.24) is 9.55 Å². The highest BCUT2D eigenvalue weighted by Crippen LogP contribution is 2.26. The lowest BCUT2D eigenvalue weighted by molar-refractivity contribution is -0.146. The second-order valence-electron chi connectivity index (χ2n) is 7.45. The molecule has 1 N–H and O–H groups in total. The molecular formula is C20H24FN3O3. The lowest BCUT2D eigenvalue weighted by Gasteiger charge is -2.21. The van der Waals surface area contributed by atoms with Gasteiger partial charge < -0.3 is 9.30 Å². The molecule has 2 rings (SSSR count). The zero-order chi connectivity index (χ0) is 20.4.